The lowest BCUT2D eigenvalue weighted by molar-refractivity contribution is -0.116. The van der Waals surface area contributed by atoms with E-state index in [1.165, 1.54) is 18.2 Å². The summed E-state index contributed by atoms with van der Waals surface area (Å²) < 4.78 is 0. The van der Waals surface area contributed by atoms with Crippen molar-refractivity contribution in [1.29, 1.82) is 0 Å². The zero-order valence-corrected chi connectivity index (χ0v) is 9.56. The van der Waals surface area contributed by atoms with Crippen molar-refractivity contribution in [3.63, 3.8) is 0 Å². The number of benzene rings is 1. The SMILES string of the molecule is CCCCC(=O)Nc1cc(C(=O)O)ccc1O. The van der Waals surface area contributed by atoms with E-state index in [0.717, 1.165) is 12.8 Å². The van der Waals surface area contributed by atoms with Crippen LogP contribution in [-0.2, 0) is 4.79 Å². The van der Waals surface area contributed by atoms with Gasteiger partial charge >= 0.3 is 5.97 Å². The maximum absolute atomic E-state index is 11.4. The lowest BCUT2D eigenvalue weighted by Crippen LogP contribution is -2.11. The normalized spacial score (nSPS) is 9.94. The van der Waals surface area contributed by atoms with E-state index in [0.29, 0.717) is 6.42 Å². The van der Waals surface area contributed by atoms with Gasteiger partial charge in [-0.15, -0.1) is 0 Å². The molecule has 0 bridgehead atoms. The van der Waals surface area contributed by atoms with Gasteiger partial charge in [0.05, 0.1) is 11.3 Å². The first-order chi connectivity index (χ1) is 8.04. The van der Waals surface area contributed by atoms with Crippen LogP contribution in [0, 0.1) is 0 Å². The molecule has 1 rings (SSSR count). The zero-order chi connectivity index (χ0) is 12.8. The molecule has 0 aliphatic heterocycles. The highest BCUT2D eigenvalue weighted by Crippen LogP contribution is 2.24. The van der Waals surface area contributed by atoms with Gasteiger partial charge in [-0.25, -0.2) is 4.79 Å². The fourth-order valence-corrected chi connectivity index (χ4v) is 1.32. The Morgan fingerprint density at radius 2 is 2.06 bits per heavy atom. The van der Waals surface area contributed by atoms with Crippen LogP contribution >= 0.6 is 0 Å². The standard InChI is InChI=1S/C12H15NO4/c1-2-3-4-11(15)13-9-7-8(12(16)17)5-6-10(9)14/h5-7,14H,2-4H2,1H3,(H,13,15)(H,16,17). The zero-order valence-electron chi connectivity index (χ0n) is 9.56. The van der Waals surface area contributed by atoms with Crippen LogP contribution in [0.25, 0.3) is 0 Å². The molecular formula is C12H15NO4. The van der Waals surface area contributed by atoms with E-state index in [-0.39, 0.29) is 22.9 Å². The minimum Gasteiger partial charge on any atom is -0.506 e. The van der Waals surface area contributed by atoms with Gasteiger partial charge in [-0.05, 0) is 24.6 Å². The molecule has 0 saturated carbocycles. The van der Waals surface area contributed by atoms with Gasteiger partial charge in [0.25, 0.3) is 0 Å². The van der Waals surface area contributed by atoms with Crippen molar-refractivity contribution >= 4 is 17.6 Å². The van der Waals surface area contributed by atoms with E-state index in [2.05, 4.69) is 5.32 Å². The third-order valence-corrected chi connectivity index (χ3v) is 2.27. The topological polar surface area (TPSA) is 86.6 Å². The number of hydrogen-bond acceptors (Lipinski definition) is 3. The van der Waals surface area contributed by atoms with Crippen LogP contribution in [0.15, 0.2) is 18.2 Å². The average molecular weight is 237 g/mol. The lowest BCUT2D eigenvalue weighted by Gasteiger charge is -2.07. The summed E-state index contributed by atoms with van der Waals surface area (Å²) in [5, 5.41) is 20.8. The van der Waals surface area contributed by atoms with Crippen LogP contribution in [0.1, 0.15) is 36.5 Å². The molecule has 0 heterocycles. The van der Waals surface area contributed by atoms with E-state index < -0.39 is 5.97 Å². The number of hydrogen-bond donors (Lipinski definition) is 3. The second-order valence-corrected chi connectivity index (χ2v) is 3.69. The molecular weight excluding hydrogens is 222 g/mol. The molecule has 17 heavy (non-hydrogen) atoms. The third kappa shape index (κ3) is 3.79. The largest absolute Gasteiger partial charge is 0.506 e. The minimum atomic E-state index is -1.10. The van der Waals surface area contributed by atoms with Crippen molar-refractivity contribution in [2.45, 2.75) is 26.2 Å². The number of anilines is 1. The molecule has 1 aromatic carbocycles. The predicted molar refractivity (Wildman–Crippen MR) is 63.2 cm³/mol. The molecule has 5 heteroatoms. The first-order valence-electron chi connectivity index (χ1n) is 5.40. The molecule has 0 spiro atoms. The average Bonchev–Trinajstić information content (AvgIpc) is 2.29. The van der Waals surface area contributed by atoms with Gasteiger partial charge in [0, 0.05) is 6.42 Å². The number of aromatic carboxylic acids is 1. The Morgan fingerprint density at radius 3 is 2.65 bits per heavy atom. The van der Waals surface area contributed by atoms with Gasteiger partial charge in [0.15, 0.2) is 0 Å². The third-order valence-electron chi connectivity index (χ3n) is 2.27. The number of rotatable bonds is 5. The Morgan fingerprint density at radius 1 is 1.35 bits per heavy atom. The number of phenolic OH excluding ortho intramolecular Hbond substituents is 1. The fourth-order valence-electron chi connectivity index (χ4n) is 1.32. The summed E-state index contributed by atoms with van der Waals surface area (Å²) in [5.74, 6) is -1.47. The maximum atomic E-state index is 11.4. The lowest BCUT2D eigenvalue weighted by atomic mass is 10.1. The number of amides is 1. The Hall–Kier alpha value is -2.04. The van der Waals surface area contributed by atoms with Crippen LogP contribution in [0.3, 0.4) is 0 Å². The smallest absolute Gasteiger partial charge is 0.335 e. The summed E-state index contributed by atoms with van der Waals surface area (Å²) >= 11 is 0. The number of carbonyl (C=O) groups is 2. The fraction of sp³-hybridized carbons (Fsp3) is 0.333. The Kier molecular flexibility index (Phi) is 4.51. The highest BCUT2D eigenvalue weighted by atomic mass is 16.4. The van der Waals surface area contributed by atoms with Gasteiger partial charge in [0.1, 0.15) is 5.75 Å². The number of carboxylic acids is 1. The van der Waals surface area contributed by atoms with E-state index in [1.54, 1.807) is 0 Å². The van der Waals surface area contributed by atoms with Crippen molar-refractivity contribution in [2.75, 3.05) is 5.32 Å². The van der Waals surface area contributed by atoms with Crippen LogP contribution < -0.4 is 5.32 Å². The van der Waals surface area contributed by atoms with Crippen LogP contribution in [-0.4, -0.2) is 22.1 Å². The molecule has 0 aromatic heterocycles. The highest BCUT2D eigenvalue weighted by molar-refractivity contribution is 5.95. The second-order valence-electron chi connectivity index (χ2n) is 3.69. The summed E-state index contributed by atoms with van der Waals surface area (Å²) in [5.41, 5.74) is 0.152. The van der Waals surface area contributed by atoms with Crippen LogP contribution in [0.5, 0.6) is 5.75 Å². The van der Waals surface area contributed by atoms with Crippen molar-refractivity contribution < 1.29 is 19.8 Å². The van der Waals surface area contributed by atoms with Crippen LogP contribution in [0.4, 0.5) is 5.69 Å². The number of aromatic hydroxyl groups is 1. The summed E-state index contributed by atoms with van der Waals surface area (Å²) in [6.45, 7) is 1.97. The van der Waals surface area contributed by atoms with Crippen molar-refractivity contribution in [1.82, 2.24) is 0 Å². The van der Waals surface area contributed by atoms with Gasteiger partial charge in [-0.3, -0.25) is 4.79 Å². The van der Waals surface area contributed by atoms with Gasteiger partial charge in [0.2, 0.25) is 5.91 Å². The second kappa shape index (κ2) is 5.89. The van der Waals surface area contributed by atoms with E-state index in [4.69, 9.17) is 5.11 Å². The molecule has 1 aromatic rings. The molecule has 92 valence electrons. The minimum absolute atomic E-state index is 0.0218. The molecule has 0 aliphatic rings. The molecule has 0 saturated heterocycles. The van der Waals surface area contributed by atoms with Crippen molar-refractivity contribution in [3.8, 4) is 5.75 Å². The molecule has 0 unspecified atom stereocenters. The molecule has 3 N–H and O–H groups in total. The molecule has 1 amide bonds. The number of nitrogens with one attached hydrogen (secondary N) is 1. The van der Waals surface area contributed by atoms with E-state index >= 15 is 0 Å². The quantitative estimate of drug-likeness (QED) is 0.685. The molecule has 5 nitrogen and oxygen atoms in total. The number of carbonyl (C=O) groups excluding carboxylic acids is 1. The van der Waals surface area contributed by atoms with E-state index in [1.807, 2.05) is 6.92 Å². The molecule has 0 fully saturated rings. The van der Waals surface area contributed by atoms with Gasteiger partial charge in [-0.2, -0.15) is 0 Å². The number of carboxylic acid groups (broad SMARTS) is 1. The Balaban J connectivity index is 2.79. The monoisotopic (exact) mass is 237 g/mol. The predicted octanol–water partition coefficient (Wildman–Crippen LogP) is 2.22. The first-order valence-corrected chi connectivity index (χ1v) is 5.40. The van der Waals surface area contributed by atoms with Gasteiger partial charge < -0.3 is 15.5 Å². The number of unbranched alkanes of at least 4 members (excludes halogenated alkanes) is 1. The van der Waals surface area contributed by atoms with E-state index in [9.17, 15) is 14.7 Å². The summed E-state index contributed by atoms with van der Waals surface area (Å²) in [7, 11) is 0. The Labute approximate surface area is 99.1 Å². The molecule has 0 radical (unpaired) electrons. The number of phenols is 1. The molecule has 0 atom stereocenters. The van der Waals surface area contributed by atoms with Crippen LogP contribution in [0.2, 0.25) is 0 Å². The summed E-state index contributed by atoms with van der Waals surface area (Å²) in [6.07, 6.45) is 2.01. The summed E-state index contributed by atoms with van der Waals surface area (Å²) in [4.78, 5) is 22.2. The molecule has 0 aliphatic carbocycles. The maximum Gasteiger partial charge on any atom is 0.335 e. The first kappa shape index (κ1) is 13.0. The van der Waals surface area contributed by atoms with Crippen molar-refractivity contribution in [2.24, 2.45) is 0 Å². The highest BCUT2D eigenvalue weighted by Gasteiger charge is 2.10. The summed E-state index contributed by atoms with van der Waals surface area (Å²) in [6, 6.07) is 3.76. The van der Waals surface area contributed by atoms with Gasteiger partial charge in [-0.1, -0.05) is 13.3 Å². The Bertz CT molecular complexity index is 429. The van der Waals surface area contributed by atoms with Crippen molar-refractivity contribution in [3.05, 3.63) is 23.8 Å².